The Hall–Kier alpha value is -1.36. The molecule has 16 heavy (non-hydrogen) atoms. The summed E-state index contributed by atoms with van der Waals surface area (Å²) >= 11 is 3.35. The number of pyridine rings is 1. The summed E-state index contributed by atoms with van der Waals surface area (Å²) in [5.41, 5.74) is 2.14. The van der Waals surface area contributed by atoms with Crippen LogP contribution in [0.1, 0.15) is 23.0 Å². The van der Waals surface area contributed by atoms with E-state index in [1.807, 2.05) is 25.3 Å². The van der Waals surface area contributed by atoms with Crippen LogP contribution in [0.3, 0.4) is 0 Å². The number of aryl methyl sites for hydroxylation is 1. The predicted octanol–water partition coefficient (Wildman–Crippen LogP) is 2.58. The highest BCUT2D eigenvalue weighted by Gasteiger charge is 2.17. The third-order valence-corrected chi connectivity index (χ3v) is 2.95. The van der Waals surface area contributed by atoms with E-state index in [1.165, 1.54) is 0 Å². The number of hydrogen-bond acceptors (Lipinski definition) is 3. The van der Waals surface area contributed by atoms with Crippen LogP contribution >= 0.6 is 15.9 Å². The Morgan fingerprint density at radius 3 is 3.06 bits per heavy atom. The lowest BCUT2D eigenvalue weighted by molar-refractivity contribution is 0.0519. The molecule has 0 saturated carbocycles. The standard InChI is InChI=1S/C11H11BrN2O2/c1-3-16-11(15)9-10(12)14-5-4-7(2)6-8(14)13-9/h4-6H,3H2,1-2H3. The summed E-state index contributed by atoms with van der Waals surface area (Å²) < 4.78 is 7.35. The van der Waals surface area contributed by atoms with Crippen molar-refractivity contribution < 1.29 is 9.53 Å². The molecule has 2 aromatic rings. The molecule has 0 unspecified atom stereocenters. The second-order valence-corrected chi connectivity index (χ2v) is 4.16. The Morgan fingerprint density at radius 2 is 2.38 bits per heavy atom. The van der Waals surface area contributed by atoms with Crippen LogP contribution in [-0.4, -0.2) is 22.0 Å². The quantitative estimate of drug-likeness (QED) is 0.796. The van der Waals surface area contributed by atoms with Crippen molar-refractivity contribution in [2.24, 2.45) is 0 Å². The van der Waals surface area contributed by atoms with Crippen LogP contribution in [0.25, 0.3) is 5.65 Å². The number of esters is 1. The minimum absolute atomic E-state index is 0.312. The minimum atomic E-state index is -0.407. The van der Waals surface area contributed by atoms with Crippen molar-refractivity contribution in [3.05, 3.63) is 34.2 Å². The first-order chi connectivity index (χ1) is 7.63. The van der Waals surface area contributed by atoms with E-state index in [-0.39, 0.29) is 0 Å². The molecule has 0 aliphatic rings. The first kappa shape index (κ1) is 11.1. The highest BCUT2D eigenvalue weighted by Crippen LogP contribution is 2.20. The Kier molecular flexibility index (Phi) is 2.96. The number of fused-ring (bicyclic) bond motifs is 1. The Morgan fingerprint density at radius 1 is 1.62 bits per heavy atom. The molecular weight excluding hydrogens is 272 g/mol. The molecular formula is C11H11BrN2O2. The Balaban J connectivity index is 2.55. The molecule has 0 aliphatic carbocycles. The monoisotopic (exact) mass is 282 g/mol. The van der Waals surface area contributed by atoms with Gasteiger partial charge in [-0.3, -0.25) is 4.40 Å². The molecule has 2 heterocycles. The highest BCUT2D eigenvalue weighted by molar-refractivity contribution is 9.10. The van der Waals surface area contributed by atoms with Gasteiger partial charge in [-0.25, -0.2) is 9.78 Å². The molecule has 0 aromatic carbocycles. The molecule has 0 radical (unpaired) electrons. The number of hydrogen-bond donors (Lipinski definition) is 0. The third-order valence-electron chi connectivity index (χ3n) is 2.19. The number of imidazole rings is 1. The van der Waals surface area contributed by atoms with Crippen molar-refractivity contribution >= 4 is 27.5 Å². The lowest BCUT2D eigenvalue weighted by Gasteiger charge is -1.98. The van der Waals surface area contributed by atoms with Crippen LogP contribution in [0.5, 0.6) is 0 Å². The molecule has 2 rings (SSSR count). The van der Waals surface area contributed by atoms with E-state index in [0.717, 1.165) is 11.2 Å². The fourth-order valence-electron chi connectivity index (χ4n) is 1.45. The number of halogens is 1. The van der Waals surface area contributed by atoms with Gasteiger partial charge in [0.05, 0.1) is 6.61 Å². The molecule has 0 amide bonds. The lowest BCUT2D eigenvalue weighted by Crippen LogP contribution is -2.05. The zero-order chi connectivity index (χ0) is 11.7. The Bertz CT molecular complexity index is 548. The largest absolute Gasteiger partial charge is 0.461 e. The van der Waals surface area contributed by atoms with Gasteiger partial charge in [-0.1, -0.05) is 0 Å². The van der Waals surface area contributed by atoms with Gasteiger partial charge in [0.1, 0.15) is 10.3 Å². The van der Waals surface area contributed by atoms with E-state index in [1.54, 1.807) is 11.3 Å². The number of ether oxygens (including phenoxy) is 1. The van der Waals surface area contributed by atoms with E-state index in [2.05, 4.69) is 20.9 Å². The first-order valence-corrected chi connectivity index (χ1v) is 5.74. The smallest absolute Gasteiger partial charge is 0.359 e. The maximum atomic E-state index is 11.6. The average Bonchev–Trinajstić information content (AvgIpc) is 2.56. The molecule has 0 spiro atoms. The van der Waals surface area contributed by atoms with E-state index in [4.69, 9.17) is 4.74 Å². The third kappa shape index (κ3) is 1.82. The van der Waals surface area contributed by atoms with Gasteiger partial charge in [-0.15, -0.1) is 0 Å². The minimum Gasteiger partial charge on any atom is -0.461 e. The molecule has 5 heteroatoms. The summed E-state index contributed by atoms with van der Waals surface area (Å²) in [5.74, 6) is -0.407. The van der Waals surface area contributed by atoms with Gasteiger partial charge < -0.3 is 4.74 Å². The number of carbonyl (C=O) groups is 1. The molecule has 0 atom stereocenters. The predicted molar refractivity (Wildman–Crippen MR) is 63.6 cm³/mol. The maximum Gasteiger partial charge on any atom is 0.359 e. The molecule has 0 N–H and O–H groups in total. The zero-order valence-electron chi connectivity index (χ0n) is 9.03. The maximum absolute atomic E-state index is 11.6. The summed E-state index contributed by atoms with van der Waals surface area (Å²) in [6.07, 6.45) is 1.87. The average molecular weight is 283 g/mol. The molecule has 2 aromatic heterocycles. The van der Waals surface area contributed by atoms with E-state index in [0.29, 0.717) is 16.9 Å². The van der Waals surface area contributed by atoms with Gasteiger partial charge in [0.2, 0.25) is 0 Å². The normalized spacial score (nSPS) is 10.7. The van der Waals surface area contributed by atoms with E-state index in [9.17, 15) is 4.79 Å². The first-order valence-electron chi connectivity index (χ1n) is 4.94. The lowest BCUT2D eigenvalue weighted by atomic mass is 10.3. The van der Waals surface area contributed by atoms with Gasteiger partial charge in [0, 0.05) is 6.20 Å². The summed E-state index contributed by atoms with van der Waals surface area (Å²) in [6.45, 7) is 4.09. The summed E-state index contributed by atoms with van der Waals surface area (Å²) in [5, 5.41) is 0. The molecule has 84 valence electrons. The second-order valence-electron chi connectivity index (χ2n) is 3.40. The van der Waals surface area contributed by atoms with Crippen LogP contribution in [0, 0.1) is 6.92 Å². The zero-order valence-corrected chi connectivity index (χ0v) is 10.6. The molecule has 4 nitrogen and oxygen atoms in total. The summed E-state index contributed by atoms with van der Waals surface area (Å²) in [4.78, 5) is 15.8. The van der Waals surface area contributed by atoms with Crippen LogP contribution in [0.4, 0.5) is 0 Å². The van der Waals surface area contributed by atoms with Crippen molar-refractivity contribution in [1.29, 1.82) is 0 Å². The summed E-state index contributed by atoms with van der Waals surface area (Å²) in [6, 6.07) is 3.86. The fraction of sp³-hybridized carbons (Fsp3) is 0.273. The van der Waals surface area contributed by atoms with Crippen LogP contribution < -0.4 is 0 Å². The van der Waals surface area contributed by atoms with Crippen LogP contribution in [0.15, 0.2) is 22.9 Å². The van der Waals surface area contributed by atoms with Crippen molar-refractivity contribution in [2.75, 3.05) is 6.61 Å². The fourth-order valence-corrected chi connectivity index (χ4v) is 2.00. The second kappa shape index (κ2) is 4.25. The Labute approximate surface area is 101 Å². The van der Waals surface area contributed by atoms with Crippen molar-refractivity contribution in [1.82, 2.24) is 9.38 Å². The van der Waals surface area contributed by atoms with Gasteiger partial charge in [0.15, 0.2) is 5.69 Å². The number of rotatable bonds is 2. The van der Waals surface area contributed by atoms with E-state index < -0.39 is 5.97 Å². The molecule has 0 saturated heterocycles. The highest BCUT2D eigenvalue weighted by atomic mass is 79.9. The van der Waals surface area contributed by atoms with Crippen molar-refractivity contribution in [3.63, 3.8) is 0 Å². The molecule has 0 bridgehead atoms. The van der Waals surface area contributed by atoms with Gasteiger partial charge in [0.25, 0.3) is 0 Å². The van der Waals surface area contributed by atoms with Gasteiger partial charge in [-0.2, -0.15) is 0 Å². The number of aromatic nitrogens is 2. The van der Waals surface area contributed by atoms with Crippen LogP contribution in [-0.2, 0) is 4.74 Å². The SMILES string of the molecule is CCOC(=O)c1nc2cc(C)ccn2c1Br. The summed E-state index contributed by atoms with van der Waals surface area (Å²) in [7, 11) is 0. The van der Waals surface area contributed by atoms with Crippen molar-refractivity contribution in [3.8, 4) is 0 Å². The topological polar surface area (TPSA) is 43.6 Å². The number of nitrogens with zero attached hydrogens (tertiary/aromatic N) is 2. The van der Waals surface area contributed by atoms with E-state index >= 15 is 0 Å². The van der Waals surface area contributed by atoms with Gasteiger partial charge in [-0.05, 0) is 47.5 Å². The molecule has 0 aliphatic heterocycles. The molecule has 0 fully saturated rings. The van der Waals surface area contributed by atoms with Crippen LogP contribution in [0.2, 0.25) is 0 Å². The van der Waals surface area contributed by atoms with Crippen molar-refractivity contribution in [2.45, 2.75) is 13.8 Å². The van der Waals surface area contributed by atoms with Gasteiger partial charge >= 0.3 is 5.97 Å². The number of carbonyl (C=O) groups excluding carboxylic acids is 1.